The molecule has 0 aliphatic carbocycles. The molecule has 0 radical (unpaired) electrons. The van der Waals surface area contributed by atoms with E-state index in [0.29, 0.717) is 0 Å². The molecule has 0 spiro atoms. The molecule has 1 aliphatic rings. The van der Waals surface area contributed by atoms with Gasteiger partial charge in [0.15, 0.2) is 0 Å². The van der Waals surface area contributed by atoms with Crippen LogP contribution in [0, 0.1) is 0 Å². The molecule has 0 bridgehead atoms. The van der Waals surface area contributed by atoms with Crippen LogP contribution in [0.5, 0.6) is 0 Å². The zero-order valence-electron chi connectivity index (χ0n) is 6.02. The van der Waals surface area contributed by atoms with Crippen molar-refractivity contribution in [2.45, 2.75) is 26.2 Å². The fourth-order valence-electron chi connectivity index (χ4n) is 1.10. The molecular formula is C8H14O. The lowest BCUT2D eigenvalue weighted by Crippen LogP contribution is -2.05. The van der Waals surface area contributed by atoms with Gasteiger partial charge in [0.05, 0.1) is 13.2 Å². The standard InChI is InChI=1S/C8H14O/c1-2-4-8-5-3-6-9-7-8/h5H,2-4,6-7H2,1H3. The minimum absolute atomic E-state index is 0.883. The zero-order chi connectivity index (χ0) is 6.53. The molecule has 0 aromatic carbocycles. The molecule has 9 heavy (non-hydrogen) atoms. The van der Waals surface area contributed by atoms with Gasteiger partial charge in [0.2, 0.25) is 0 Å². The predicted octanol–water partition coefficient (Wildman–Crippen LogP) is 2.13. The Morgan fingerprint density at radius 1 is 1.67 bits per heavy atom. The molecule has 0 aromatic rings. The largest absolute Gasteiger partial charge is 0.377 e. The van der Waals surface area contributed by atoms with Crippen molar-refractivity contribution in [2.24, 2.45) is 0 Å². The second kappa shape index (κ2) is 3.67. The molecule has 0 saturated heterocycles. The van der Waals surface area contributed by atoms with Crippen molar-refractivity contribution in [3.05, 3.63) is 11.6 Å². The van der Waals surface area contributed by atoms with E-state index < -0.39 is 0 Å². The highest BCUT2D eigenvalue weighted by Crippen LogP contribution is 2.10. The van der Waals surface area contributed by atoms with E-state index >= 15 is 0 Å². The first kappa shape index (κ1) is 6.81. The molecule has 1 heterocycles. The van der Waals surface area contributed by atoms with Crippen molar-refractivity contribution >= 4 is 0 Å². The first-order valence-corrected chi connectivity index (χ1v) is 3.69. The second-order valence-corrected chi connectivity index (χ2v) is 2.45. The SMILES string of the molecule is CCCC1=CCCOC1. The van der Waals surface area contributed by atoms with Gasteiger partial charge in [0, 0.05) is 0 Å². The maximum Gasteiger partial charge on any atom is 0.0676 e. The molecule has 0 unspecified atom stereocenters. The minimum Gasteiger partial charge on any atom is -0.377 e. The Morgan fingerprint density at radius 2 is 2.56 bits per heavy atom. The summed E-state index contributed by atoms with van der Waals surface area (Å²) in [5.74, 6) is 0. The van der Waals surface area contributed by atoms with E-state index in [-0.39, 0.29) is 0 Å². The molecule has 0 aromatic heterocycles. The Bertz CT molecular complexity index is 105. The fourth-order valence-corrected chi connectivity index (χ4v) is 1.10. The van der Waals surface area contributed by atoms with Crippen LogP contribution >= 0.6 is 0 Å². The number of hydrogen-bond acceptors (Lipinski definition) is 1. The Balaban J connectivity index is 2.28. The van der Waals surface area contributed by atoms with Crippen molar-refractivity contribution < 1.29 is 4.74 Å². The average molecular weight is 126 g/mol. The number of hydrogen-bond donors (Lipinski definition) is 0. The maximum absolute atomic E-state index is 5.27. The summed E-state index contributed by atoms with van der Waals surface area (Å²) in [5.41, 5.74) is 1.49. The molecule has 1 rings (SSSR count). The van der Waals surface area contributed by atoms with Crippen LogP contribution in [-0.2, 0) is 4.74 Å². The minimum atomic E-state index is 0.883. The summed E-state index contributed by atoms with van der Waals surface area (Å²) in [5, 5.41) is 0. The molecule has 0 N–H and O–H groups in total. The summed E-state index contributed by atoms with van der Waals surface area (Å²) in [6, 6.07) is 0. The summed E-state index contributed by atoms with van der Waals surface area (Å²) >= 11 is 0. The van der Waals surface area contributed by atoms with Crippen molar-refractivity contribution in [3.63, 3.8) is 0 Å². The highest BCUT2D eigenvalue weighted by molar-refractivity contribution is 5.04. The van der Waals surface area contributed by atoms with Gasteiger partial charge in [-0.2, -0.15) is 0 Å². The van der Waals surface area contributed by atoms with Crippen molar-refractivity contribution in [3.8, 4) is 0 Å². The first-order valence-electron chi connectivity index (χ1n) is 3.69. The number of rotatable bonds is 2. The van der Waals surface area contributed by atoms with Crippen molar-refractivity contribution in [1.29, 1.82) is 0 Å². The molecule has 1 aliphatic heterocycles. The smallest absolute Gasteiger partial charge is 0.0676 e. The molecule has 0 atom stereocenters. The average Bonchev–Trinajstić information content (AvgIpc) is 1.91. The van der Waals surface area contributed by atoms with Crippen LogP contribution in [-0.4, -0.2) is 13.2 Å². The topological polar surface area (TPSA) is 9.23 Å². The molecule has 0 amide bonds. The lowest BCUT2D eigenvalue weighted by Gasteiger charge is -2.11. The van der Waals surface area contributed by atoms with Crippen LogP contribution < -0.4 is 0 Å². The Kier molecular flexibility index (Phi) is 2.78. The van der Waals surface area contributed by atoms with Gasteiger partial charge in [-0.05, 0) is 18.4 Å². The Hall–Kier alpha value is -0.300. The quantitative estimate of drug-likeness (QED) is 0.515. The lowest BCUT2D eigenvalue weighted by atomic mass is 10.1. The van der Waals surface area contributed by atoms with E-state index in [1.54, 1.807) is 0 Å². The van der Waals surface area contributed by atoms with Crippen LogP contribution in [0.1, 0.15) is 26.2 Å². The molecule has 1 heteroatoms. The third-order valence-electron chi connectivity index (χ3n) is 1.55. The normalized spacial score (nSPS) is 19.4. The van der Waals surface area contributed by atoms with Crippen LogP contribution in [0.25, 0.3) is 0 Å². The van der Waals surface area contributed by atoms with Gasteiger partial charge >= 0.3 is 0 Å². The maximum atomic E-state index is 5.27. The fraction of sp³-hybridized carbons (Fsp3) is 0.750. The summed E-state index contributed by atoms with van der Waals surface area (Å²) < 4.78 is 5.27. The number of ether oxygens (including phenoxy) is 1. The van der Waals surface area contributed by atoms with E-state index in [1.807, 2.05) is 0 Å². The third kappa shape index (κ3) is 2.19. The highest BCUT2D eigenvalue weighted by Gasteiger charge is 2.00. The molecule has 0 fully saturated rings. The van der Waals surface area contributed by atoms with Gasteiger partial charge in [-0.15, -0.1) is 0 Å². The second-order valence-electron chi connectivity index (χ2n) is 2.45. The first-order chi connectivity index (χ1) is 4.43. The molecule has 0 saturated carbocycles. The summed E-state index contributed by atoms with van der Waals surface area (Å²) in [6.45, 7) is 4.01. The van der Waals surface area contributed by atoms with Crippen molar-refractivity contribution in [1.82, 2.24) is 0 Å². The van der Waals surface area contributed by atoms with Gasteiger partial charge in [0.1, 0.15) is 0 Å². The lowest BCUT2D eigenvalue weighted by molar-refractivity contribution is 0.148. The van der Waals surface area contributed by atoms with Crippen LogP contribution in [0.3, 0.4) is 0 Å². The van der Waals surface area contributed by atoms with E-state index in [4.69, 9.17) is 4.74 Å². The van der Waals surface area contributed by atoms with E-state index in [9.17, 15) is 0 Å². The van der Waals surface area contributed by atoms with E-state index in [1.165, 1.54) is 18.4 Å². The van der Waals surface area contributed by atoms with Crippen LogP contribution in [0.4, 0.5) is 0 Å². The van der Waals surface area contributed by atoms with Crippen molar-refractivity contribution in [2.75, 3.05) is 13.2 Å². The summed E-state index contributed by atoms with van der Waals surface area (Å²) in [7, 11) is 0. The van der Waals surface area contributed by atoms with Gasteiger partial charge in [0.25, 0.3) is 0 Å². The predicted molar refractivity (Wildman–Crippen MR) is 38.4 cm³/mol. The summed E-state index contributed by atoms with van der Waals surface area (Å²) in [4.78, 5) is 0. The Labute approximate surface area is 56.7 Å². The zero-order valence-corrected chi connectivity index (χ0v) is 6.02. The molecule has 52 valence electrons. The van der Waals surface area contributed by atoms with Gasteiger partial charge in [-0.1, -0.05) is 19.4 Å². The highest BCUT2D eigenvalue weighted by atomic mass is 16.5. The van der Waals surface area contributed by atoms with Gasteiger partial charge < -0.3 is 4.74 Å². The molecular weight excluding hydrogens is 112 g/mol. The third-order valence-corrected chi connectivity index (χ3v) is 1.55. The van der Waals surface area contributed by atoms with Gasteiger partial charge in [-0.25, -0.2) is 0 Å². The van der Waals surface area contributed by atoms with Crippen LogP contribution in [0.2, 0.25) is 0 Å². The monoisotopic (exact) mass is 126 g/mol. The van der Waals surface area contributed by atoms with Gasteiger partial charge in [-0.3, -0.25) is 0 Å². The summed E-state index contributed by atoms with van der Waals surface area (Å²) in [6.07, 6.45) is 5.90. The van der Waals surface area contributed by atoms with E-state index in [0.717, 1.165) is 19.6 Å². The Morgan fingerprint density at radius 3 is 3.11 bits per heavy atom. The molecule has 1 nitrogen and oxygen atoms in total. The van der Waals surface area contributed by atoms with Crippen LogP contribution in [0.15, 0.2) is 11.6 Å². The van der Waals surface area contributed by atoms with E-state index in [2.05, 4.69) is 13.0 Å².